The average molecular weight is 243 g/mol. The minimum atomic E-state index is 0.331. The lowest BCUT2D eigenvalue weighted by atomic mass is 10.1. The van der Waals surface area contributed by atoms with Crippen molar-refractivity contribution in [2.75, 3.05) is 11.9 Å². The van der Waals surface area contributed by atoms with Gasteiger partial charge >= 0.3 is 0 Å². The molecule has 3 rings (SSSR count). The van der Waals surface area contributed by atoms with Crippen LogP contribution in [-0.2, 0) is 0 Å². The van der Waals surface area contributed by atoms with E-state index in [9.17, 15) is 0 Å². The van der Waals surface area contributed by atoms with E-state index >= 15 is 0 Å². The van der Waals surface area contributed by atoms with Gasteiger partial charge in [0.05, 0.1) is 0 Å². The summed E-state index contributed by atoms with van der Waals surface area (Å²) in [5.41, 5.74) is 7.55. The first-order valence-electron chi connectivity index (χ1n) is 6.40. The first-order valence-corrected chi connectivity index (χ1v) is 6.40. The molecule has 1 aliphatic carbocycles. The van der Waals surface area contributed by atoms with Crippen LogP contribution in [0, 0.1) is 5.92 Å². The Bertz CT molecular complexity index is 542. The summed E-state index contributed by atoms with van der Waals surface area (Å²) in [5, 5.41) is 3.35. The van der Waals surface area contributed by atoms with E-state index in [1.807, 2.05) is 12.1 Å². The van der Waals surface area contributed by atoms with Crippen molar-refractivity contribution in [3.63, 3.8) is 0 Å². The number of hydrogen-bond acceptors (Lipinski definition) is 5. The predicted molar refractivity (Wildman–Crippen MR) is 71.1 cm³/mol. The molecule has 18 heavy (non-hydrogen) atoms. The van der Waals surface area contributed by atoms with E-state index in [-0.39, 0.29) is 0 Å². The van der Waals surface area contributed by atoms with Crippen molar-refractivity contribution >= 4 is 17.0 Å². The molecule has 0 saturated heterocycles. The molecule has 2 heterocycles. The normalized spacial score (nSPS) is 23.4. The van der Waals surface area contributed by atoms with E-state index in [0.29, 0.717) is 17.6 Å². The molecule has 1 saturated carbocycles. The molecule has 2 aromatic rings. The van der Waals surface area contributed by atoms with Crippen molar-refractivity contribution in [2.24, 2.45) is 11.7 Å². The third-order valence-electron chi connectivity index (χ3n) is 3.59. The van der Waals surface area contributed by atoms with Gasteiger partial charge in [0.25, 0.3) is 0 Å². The smallest absolute Gasteiger partial charge is 0.180 e. The highest BCUT2D eigenvalue weighted by Crippen LogP contribution is 2.24. The third-order valence-corrected chi connectivity index (χ3v) is 3.59. The second-order valence-electron chi connectivity index (χ2n) is 4.83. The largest absolute Gasteiger partial charge is 0.370 e. The highest BCUT2D eigenvalue weighted by atomic mass is 15.0. The van der Waals surface area contributed by atoms with Crippen LogP contribution in [0.15, 0.2) is 24.5 Å². The fourth-order valence-electron chi connectivity index (χ4n) is 2.51. The fraction of sp³-hybridized carbons (Fsp3) is 0.462. The molecule has 0 bridgehead atoms. The number of hydrogen-bond donors (Lipinski definition) is 2. The molecule has 0 radical (unpaired) electrons. The van der Waals surface area contributed by atoms with Crippen LogP contribution in [0.4, 0.5) is 5.82 Å². The van der Waals surface area contributed by atoms with E-state index in [4.69, 9.17) is 5.73 Å². The summed E-state index contributed by atoms with van der Waals surface area (Å²) < 4.78 is 0. The Morgan fingerprint density at radius 3 is 2.94 bits per heavy atom. The van der Waals surface area contributed by atoms with Crippen LogP contribution in [0.2, 0.25) is 0 Å². The summed E-state index contributed by atoms with van der Waals surface area (Å²) in [6.07, 6.45) is 6.93. The number of nitrogens with one attached hydrogen (secondary N) is 1. The molecule has 0 aliphatic heterocycles. The van der Waals surface area contributed by atoms with E-state index < -0.39 is 0 Å². The van der Waals surface area contributed by atoms with Crippen molar-refractivity contribution in [1.82, 2.24) is 15.0 Å². The maximum atomic E-state index is 6.05. The Morgan fingerprint density at radius 2 is 2.11 bits per heavy atom. The molecule has 94 valence electrons. The molecule has 2 aromatic heterocycles. The molecular weight excluding hydrogens is 226 g/mol. The topological polar surface area (TPSA) is 76.7 Å². The molecule has 1 fully saturated rings. The van der Waals surface area contributed by atoms with Crippen LogP contribution in [0.1, 0.15) is 19.3 Å². The third kappa shape index (κ3) is 2.26. The van der Waals surface area contributed by atoms with Gasteiger partial charge in [0, 0.05) is 25.0 Å². The van der Waals surface area contributed by atoms with Gasteiger partial charge in [-0.2, -0.15) is 0 Å². The summed E-state index contributed by atoms with van der Waals surface area (Å²) in [4.78, 5) is 12.8. The minimum absolute atomic E-state index is 0.331. The number of aromatic nitrogens is 3. The molecule has 2 unspecified atom stereocenters. The summed E-state index contributed by atoms with van der Waals surface area (Å²) in [6.45, 7) is 0.889. The molecule has 5 heteroatoms. The van der Waals surface area contributed by atoms with Gasteiger partial charge in [-0.05, 0) is 30.9 Å². The standard InChI is InChI=1S/C13H17N5/c14-10-3-1-2-9(10)8-17-12-5-4-11-13(18-12)16-7-6-15-11/h4-7,9-10H,1-3,8,14H2,(H,16,17,18). The SMILES string of the molecule is NC1CCCC1CNc1ccc2nccnc2n1. The molecule has 2 atom stereocenters. The van der Waals surface area contributed by atoms with Crippen LogP contribution in [0.25, 0.3) is 11.2 Å². The molecule has 0 spiro atoms. The van der Waals surface area contributed by atoms with Gasteiger partial charge in [0.2, 0.25) is 0 Å². The quantitative estimate of drug-likeness (QED) is 0.855. The Labute approximate surface area is 106 Å². The summed E-state index contributed by atoms with van der Waals surface area (Å²) in [7, 11) is 0. The Morgan fingerprint density at radius 1 is 1.22 bits per heavy atom. The maximum absolute atomic E-state index is 6.05. The molecule has 0 aromatic carbocycles. The molecule has 3 N–H and O–H groups in total. The average Bonchev–Trinajstić information content (AvgIpc) is 2.82. The fourth-order valence-corrected chi connectivity index (χ4v) is 2.51. The van der Waals surface area contributed by atoms with Crippen LogP contribution in [0.5, 0.6) is 0 Å². The van der Waals surface area contributed by atoms with Crippen molar-refractivity contribution in [1.29, 1.82) is 0 Å². The Kier molecular flexibility index (Phi) is 3.06. The Hall–Kier alpha value is -1.75. The first-order chi connectivity index (χ1) is 8.83. The van der Waals surface area contributed by atoms with E-state index in [1.54, 1.807) is 12.4 Å². The molecule has 1 aliphatic rings. The lowest BCUT2D eigenvalue weighted by Gasteiger charge is -2.16. The first kappa shape index (κ1) is 11.3. The van der Waals surface area contributed by atoms with Gasteiger partial charge < -0.3 is 11.1 Å². The number of fused-ring (bicyclic) bond motifs is 1. The van der Waals surface area contributed by atoms with E-state index in [0.717, 1.165) is 24.3 Å². The summed E-state index contributed by atoms with van der Waals surface area (Å²) >= 11 is 0. The van der Waals surface area contributed by atoms with E-state index in [1.165, 1.54) is 12.8 Å². The number of rotatable bonds is 3. The highest BCUT2D eigenvalue weighted by molar-refractivity contribution is 5.71. The monoisotopic (exact) mass is 243 g/mol. The second kappa shape index (κ2) is 4.86. The van der Waals surface area contributed by atoms with Crippen LogP contribution in [0.3, 0.4) is 0 Å². The van der Waals surface area contributed by atoms with Crippen molar-refractivity contribution in [3.8, 4) is 0 Å². The van der Waals surface area contributed by atoms with Gasteiger partial charge in [-0.1, -0.05) is 6.42 Å². The van der Waals surface area contributed by atoms with Gasteiger partial charge in [0.1, 0.15) is 11.3 Å². The maximum Gasteiger partial charge on any atom is 0.180 e. The number of anilines is 1. The zero-order valence-corrected chi connectivity index (χ0v) is 10.2. The Balaban J connectivity index is 1.71. The van der Waals surface area contributed by atoms with Crippen molar-refractivity contribution in [3.05, 3.63) is 24.5 Å². The summed E-state index contributed by atoms with van der Waals surface area (Å²) in [5.74, 6) is 1.41. The van der Waals surface area contributed by atoms with Crippen LogP contribution >= 0.6 is 0 Å². The van der Waals surface area contributed by atoms with Gasteiger partial charge in [-0.25, -0.2) is 9.97 Å². The van der Waals surface area contributed by atoms with Gasteiger partial charge in [-0.15, -0.1) is 0 Å². The van der Waals surface area contributed by atoms with Crippen LogP contribution in [-0.4, -0.2) is 27.5 Å². The summed E-state index contributed by atoms with van der Waals surface area (Å²) in [6, 6.07) is 4.21. The molecule has 0 amide bonds. The zero-order valence-electron chi connectivity index (χ0n) is 10.2. The highest BCUT2D eigenvalue weighted by Gasteiger charge is 2.23. The second-order valence-corrected chi connectivity index (χ2v) is 4.83. The molecular formula is C13H17N5. The number of nitrogens with zero attached hydrogens (tertiary/aromatic N) is 3. The lowest BCUT2D eigenvalue weighted by molar-refractivity contribution is 0.504. The van der Waals surface area contributed by atoms with Crippen molar-refractivity contribution in [2.45, 2.75) is 25.3 Å². The molecule has 5 nitrogen and oxygen atoms in total. The van der Waals surface area contributed by atoms with Crippen LogP contribution < -0.4 is 11.1 Å². The minimum Gasteiger partial charge on any atom is -0.370 e. The van der Waals surface area contributed by atoms with Gasteiger partial charge in [-0.3, -0.25) is 4.98 Å². The number of pyridine rings is 1. The van der Waals surface area contributed by atoms with Crippen molar-refractivity contribution < 1.29 is 0 Å². The van der Waals surface area contributed by atoms with Gasteiger partial charge in [0.15, 0.2) is 5.65 Å². The zero-order chi connectivity index (χ0) is 12.4. The predicted octanol–water partition coefficient (Wildman–Crippen LogP) is 1.56. The number of nitrogens with two attached hydrogens (primary N) is 1. The van der Waals surface area contributed by atoms with E-state index in [2.05, 4.69) is 20.3 Å². The lowest BCUT2D eigenvalue weighted by Crippen LogP contribution is -2.29.